The minimum Gasteiger partial charge on any atom is -0.497 e. The maximum atomic E-state index is 12.2. The molecule has 0 spiro atoms. The van der Waals surface area contributed by atoms with Gasteiger partial charge in [-0.2, -0.15) is 10.1 Å². The van der Waals surface area contributed by atoms with Crippen molar-refractivity contribution in [1.29, 1.82) is 0 Å². The summed E-state index contributed by atoms with van der Waals surface area (Å²) in [6.45, 7) is 5.68. The minimum absolute atomic E-state index is 0.165. The molecule has 0 radical (unpaired) electrons. The van der Waals surface area contributed by atoms with Gasteiger partial charge in [0.05, 0.1) is 18.0 Å². The van der Waals surface area contributed by atoms with Gasteiger partial charge < -0.3 is 10.1 Å². The quantitative estimate of drug-likeness (QED) is 0.921. The number of nitrogens with zero attached hydrogens (tertiary/aromatic N) is 3. The molecule has 1 aliphatic carbocycles. The number of piperidine rings is 1. The number of fused-ring (bicyclic) bond motifs is 3. The van der Waals surface area contributed by atoms with Crippen molar-refractivity contribution in [2.75, 3.05) is 13.2 Å². The molecule has 1 fully saturated rings. The van der Waals surface area contributed by atoms with Gasteiger partial charge in [0.2, 0.25) is 0 Å². The summed E-state index contributed by atoms with van der Waals surface area (Å²) < 4.78 is 7.64. The lowest BCUT2D eigenvalue weighted by molar-refractivity contribution is 0.217. The third-order valence-electron chi connectivity index (χ3n) is 4.89. The van der Waals surface area contributed by atoms with Crippen LogP contribution in [0.1, 0.15) is 50.0 Å². The van der Waals surface area contributed by atoms with Crippen molar-refractivity contribution in [3.05, 3.63) is 51.9 Å². The van der Waals surface area contributed by atoms with Crippen molar-refractivity contribution < 1.29 is 4.74 Å². The van der Waals surface area contributed by atoms with Crippen molar-refractivity contribution in [1.82, 2.24) is 15.0 Å². The van der Waals surface area contributed by atoms with Crippen molar-refractivity contribution >= 4 is 5.71 Å². The summed E-state index contributed by atoms with van der Waals surface area (Å²) in [6.07, 6.45) is 7.86. The van der Waals surface area contributed by atoms with Gasteiger partial charge in [0.25, 0.3) is 5.56 Å². The highest BCUT2D eigenvalue weighted by Gasteiger charge is 2.36. The average molecular weight is 326 g/mol. The molecule has 0 aromatic carbocycles. The number of ether oxygens (including phenoxy) is 1. The highest BCUT2D eigenvalue weighted by atomic mass is 16.5. The number of hydrogen-bond acceptors (Lipinski definition) is 5. The molecule has 0 bridgehead atoms. The van der Waals surface area contributed by atoms with Gasteiger partial charge in [-0.1, -0.05) is 6.08 Å². The normalized spacial score (nSPS) is 28.0. The van der Waals surface area contributed by atoms with Gasteiger partial charge in [-0.05, 0) is 45.4 Å². The van der Waals surface area contributed by atoms with Crippen LogP contribution in [0.15, 0.2) is 39.9 Å². The molecule has 24 heavy (non-hydrogen) atoms. The van der Waals surface area contributed by atoms with Gasteiger partial charge >= 0.3 is 0 Å². The Bertz CT molecular complexity index is 806. The molecule has 6 heteroatoms. The minimum atomic E-state index is -0.190. The highest BCUT2D eigenvalue weighted by Crippen LogP contribution is 2.36. The molecule has 1 saturated heterocycles. The van der Waals surface area contributed by atoms with Crippen LogP contribution < -0.4 is 10.9 Å². The van der Waals surface area contributed by atoms with E-state index in [9.17, 15) is 4.79 Å². The highest BCUT2D eigenvalue weighted by molar-refractivity contribution is 6.04. The summed E-state index contributed by atoms with van der Waals surface area (Å²) in [6, 6.07) is 2.10. The summed E-state index contributed by atoms with van der Waals surface area (Å²) in [4.78, 5) is 16.5. The Morgan fingerprint density at radius 3 is 3.12 bits per heavy atom. The second-order valence-electron chi connectivity index (χ2n) is 6.58. The Labute approximate surface area is 140 Å². The lowest BCUT2D eigenvalue weighted by atomic mass is 9.90. The predicted molar refractivity (Wildman–Crippen MR) is 92.4 cm³/mol. The standard InChI is InChI=1S/C18H22N4O2/c1-3-24-15-6-4-5-13-17(15)18-20-16(23)10-14(22(18)21-13)12-7-8-19-11(2)9-12/h4-6,10-12,17,19H,3,7-9H2,1-2H3. The number of nitrogens with one attached hydrogen (secondary N) is 1. The maximum Gasteiger partial charge on any atom is 0.273 e. The van der Waals surface area contributed by atoms with Gasteiger partial charge in [-0.15, -0.1) is 0 Å². The van der Waals surface area contributed by atoms with Crippen LogP contribution in [0.2, 0.25) is 0 Å². The average Bonchev–Trinajstić information content (AvgIpc) is 2.94. The Morgan fingerprint density at radius 1 is 1.46 bits per heavy atom. The fourth-order valence-electron chi connectivity index (χ4n) is 3.84. The second-order valence-corrected chi connectivity index (χ2v) is 6.58. The zero-order valence-electron chi connectivity index (χ0n) is 14.0. The molecule has 3 unspecified atom stereocenters. The molecule has 1 aromatic rings. The molecule has 1 N–H and O–H groups in total. The van der Waals surface area contributed by atoms with Crippen molar-refractivity contribution in [2.24, 2.45) is 5.10 Å². The Hall–Kier alpha value is -2.21. The summed E-state index contributed by atoms with van der Waals surface area (Å²) in [5.41, 5.74) is 1.68. The fraction of sp³-hybridized carbons (Fsp3) is 0.500. The zero-order valence-corrected chi connectivity index (χ0v) is 14.0. The number of rotatable bonds is 3. The van der Waals surface area contributed by atoms with Gasteiger partial charge in [0, 0.05) is 18.0 Å². The van der Waals surface area contributed by atoms with Gasteiger partial charge in [-0.25, -0.2) is 4.68 Å². The van der Waals surface area contributed by atoms with E-state index < -0.39 is 0 Å². The SMILES string of the molecule is CCOC1=CC=CC2=Nn3c(C4CCNC(C)C4)cc(=O)nc3C12. The predicted octanol–water partition coefficient (Wildman–Crippen LogP) is 1.89. The molecule has 1 aromatic heterocycles. The fourth-order valence-corrected chi connectivity index (χ4v) is 3.84. The van der Waals surface area contributed by atoms with Gasteiger partial charge in [0.1, 0.15) is 11.7 Å². The van der Waals surface area contributed by atoms with Crippen LogP contribution in [-0.4, -0.2) is 34.6 Å². The van der Waals surface area contributed by atoms with E-state index in [1.54, 1.807) is 6.07 Å². The lowest BCUT2D eigenvalue weighted by Gasteiger charge is -2.29. The molecule has 4 rings (SSSR count). The van der Waals surface area contributed by atoms with E-state index >= 15 is 0 Å². The molecule has 0 saturated carbocycles. The first-order valence-corrected chi connectivity index (χ1v) is 8.64. The van der Waals surface area contributed by atoms with E-state index in [2.05, 4.69) is 17.2 Å². The molecule has 126 valence electrons. The van der Waals surface area contributed by atoms with E-state index in [1.807, 2.05) is 29.8 Å². The first kappa shape index (κ1) is 15.3. The van der Waals surface area contributed by atoms with E-state index in [-0.39, 0.29) is 11.5 Å². The smallest absolute Gasteiger partial charge is 0.273 e. The van der Waals surface area contributed by atoms with Crippen molar-refractivity contribution in [2.45, 2.75) is 44.6 Å². The summed E-state index contributed by atoms with van der Waals surface area (Å²) in [7, 11) is 0. The molecular formula is C18H22N4O2. The van der Waals surface area contributed by atoms with Crippen LogP contribution in [-0.2, 0) is 4.74 Å². The van der Waals surface area contributed by atoms with Crippen molar-refractivity contribution in [3.8, 4) is 0 Å². The van der Waals surface area contributed by atoms with Gasteiger partial charge in [0.15, 0.2) is 5.82 Å². The Balaban J connectivity index is 1.80. The molecular weight excluding hydrogens is 304 g/mol. The van der Waals surface area contributed by atoms with Crippen molar-refractivity contribution in [3.63, 3.8) is 0 Å². The van der Waals surface area contributed by atoms with Crippen LogP contribution in [0.5, 0.6) is 0 Å². The topological polar surface area (TPSA) is 68.5 Å². The van der Waals surface area contributed by atoms with Crippen LogP contribution in [0.4, 0.5) is 0 Å². The summed E-state index contributed by atoms with van der Waals surface area (Å²) in [5, 5.41) is 8.21. The van der Waals surface area contributed by atoms with E-state index in [0.29, 0.717) is 24.4 Å². The second kappa shape index (κ2) is 6.02. The first-order chi connectivity index (χ1) is 11.7. The van der Waals surface area contributed by atoms with E-state index in [4.69, 9.17) is 9.84 Å². The molecule has 3 aliphatic rings. The Kier molecular flexibility index (Phi) is 3.84. The molecule has 0 amide bonds. The zero-order chi connectivity index (χ0) is 16.7. The van der Waals surface area contributed by atoms with Crippen LogP contribution in [0.3, 0.4) is 0 Å². The summed E-state index contributed by atoms with van der Waals surface area (Å²) >= 11 is 0. The third-order valence-corrected chi connectivity index (χ3v) is 4.89. The maximum absolute atomic E-state index is 12.2. The molecule has 2 aliphatic heterocycles. The third kappa shape index (κ3) is 2.51. The van der Waals surface area contributed by atoms with E-state index in [1.165, 1.54) is 0 Å². The van der Waals surface area contributed by atoms with Crippen LogP contribution in [0.25, 0.3) is 0 Å². The first-order valence-electron chi connectivity index (χ1n) is 8.64. The number of hydrogen-bond donors (Lipinski definition) is 1. The lowest BCUT2D eigenvalue weighted by Crippen LogP contribution is -2.36. The molecule has 3 heterocycles. The molecule has 6 nitrogen and oxygen atoms in total. The van der Waals surface area contributed by atoms with E-state index in [0.717, 1.165) is 36.6 Å². The largest absolute Gasteiger partial charge is 0.497 e. The summed E-state index contributed by atoms with van der Waals surface area (Å²) in [5.74, 6) is 1.65. The number of allylic oxidation sites excluding steroid dienone is 4. The van der Waals surface area contributed by atoms with Crippen LogP contribution in [0, 0.1) is 0 Å². The Morgan fingerprint density at radius 2 is 2.33 bits per heavy atom. The number of aromatic nitrogens is 2. The molecule has 3 atom stereocenters. The monoisotopic (exact) mass is 326 g/mol. The van der Waals surface area contributed by atoms with Crippen LogP contribution >= 0.6 is 0 Å². The van der Waals surface area contributed by atoms with Gasteiger partial charge in [-0.3, -0.25) is 4.79 Å².